The Kier molecular flexibility index (Phi) is 4.91. The van der Waals surface area contributed by atoms with Gasteiger partial charge in [-0.2, -0.15) is 0 Å². The summed E-state index contributed by atoms with van der Waals surface area (Å²) in [5.41, 5.74) is -1.18. The molecule has 0 spiro atoms. The van der Waals surface area contributed by atoms with E-state index in [9.17, 15) is 29.0 Å². The minimum atomic E-state index is -2.26. The second kappa shape index (κ2) is 6.88. The van der Waals surface area contributed by atoms with E-state index in [1.165, 1.54) is 24.3 Å². The number of nitro benzene ring substituents is 2. The van der Waals surface area contributed by atoms with Crippen molar-refractivity contribution < 1.29 is 23.4 Å². The molecule has 2 atom stereocenters. The van der Waals surface area contributed by atoms with Crippen molar-refractivity contribution in [1.29, 1.82) is 0 Å². The number of rotatable bonds is 6. The second-order valence-corrected chi connectivity index (χ2v) is 4.47. The van der Waals surface area contributed by atoms with Gasteiger partial charge in [-0.15, -0.1) is 0 Å². The van der Waals surface area contributed by atoms with E-state index in [4.69, 9.17) is 0 Å². The summed E-state index contributed by atoms with van der Waals surface area (Å²) in [6, 6.07) is 9.05. The zero-order valence-corrected chi connectivity index (χ0v) is 11.5. The summed E-state index contributed by atoms with van der Waals surface area (Å²) < 4.78 is 32.4. The molecule has 2 unspecified atom stereocenters. The third-order valence-electron chi connectivity index (χ3n) is 2.93. The molecule has 0 aliphatic heterocycles. The largest absolute Gasteiger partial charge is 0.306 e. The molecule has 2 aromatic rings. The fourth-order valence-electron chi connectivity index (χ4n) is 1.82. The Labute approximate surface area is 128 Å². The predicted molar refractivity (Wildman–Crippen MR) is 75.0 cm³/mol. The van der Waals surface area contributed by atoms with Crippen LogP contribution in [0.15, 0.2) is 48.5 Å². The Morgan fingerprint density at radius 1 is 0.826 bits per heavy atom. The van der Waals surface area contributed by atoms with Crippen molar-refractivity contribution in [2.24, 2.45) is 0 Å². The summed E-state index contributed by atoms with van der Waals surface area (Å²) in [5, 5.41) is 21.3. The van der Waals surface area contributed by atoms with Gasteiger partial charge in [0.2, 0.25) is 12.7 Å². The van der Waals surface area contributed by atoms with Crippen LogP contribution in [0.5, 0.6) is 0 Å². The average Bonchev–Trinajstić information content (AvgIpc) is 2.54. The number of nitrogens with zero attached hydrogens (tertiary/aromatic N) is 2. The first-order chi connectivity index (χ1) is 10.9. The van der Waals surface area contributed by atoms with Crippen LogP contribution in [0.3, 0.4) is 0 Å². The zero-order valence-electron chi connectivity index (χ0n) is 11.5. The van der Waals surface area contributed by atoms with Crippen LogP contribution in [0.4, 0.5) is 20.2 Å². The lowest BCUT2D eigenvalue weighted by molar-refractivity contribution is -0.385. The molecule has 0 aliphatic carbocycles. The summed E-state index contributed by atoms with van der Waals surface area (Å²) in [7, 11) is 0. The normalized spacial score (nSPS) is 13.3. The van der Waals surface area contributed by atoms with Crippen molar-refractivity contribution in [2.75, 3.05) is 0 Å². The number of benzene rings is 2. The fourth-order valence-corrected chi connectivity index (χ4v) is 1.82. The molecule has 23 heavy (non-hydrogen) atoms. The van der Waals surface area contributed by atoms with E-state index < -0.39 is 22.6 Å². The van der Waals surface area contributed by atoms with Gasteiger partial charge in [-0.1, -0.05) is 24.3 Å². The van der Waals surface area contributed by atoms with Crippen molar-refractivity contribution in [1.82, 2.24) is 0 Å². The van der Waals surface area contributed by atoms with Gasteiger partial charge in [0, 0.05) is 35.4 Å². The molecule has 0 N–H and O–H groups in total. The molecule has 2 aromatic carbocycles. The molecule has 7 nitrogen and oxygen atoms in total. The number of non-ortho nitro benzene ring substituents is 2. The topological polar surface area (TPSA) is 95.5 Å². The number of halogens is 2. The fraction of sp³-hybridized carbons (Fsp3) is 0.143. The summed E-state index contributed by atoms with van der Waals surface area (Å²) >= 11 is 0. The minimum absolute atomic E-state index is 0.229. The standard InChI is InChI=1S/C14H10F2N2O5/c15-13(9-3-1-5-11(7-9)17(19)20)23-14(16)10-4-2-6-12(8-10)18(21)22/h1-8,13-14H. The van der Waals surface area contributed by atoms with Crippen LogP contribution in [0.25, 0.3) is 0 Å². The number of hydrogen-bond acceptors (Lipinski definition) is 5. The van der Waals surface area contributed by atoms with Gasteiger partial charge in [0.1, 0.15) is 0 Å². The number of hydrogen-bond donors (Lipinski definition) is 0. The van der Waals surface area contributed by atoms with Gasteiger partial charge in [-0.25, -0.2) is 8.78 Å². The lowest BCUT2D eigenvalue weighted by Crippen LogP contribution is -2.04. The van der Waals surface area contributed by atoms with Crippen molar-refractivity contribution in [3.63, 3.8) is 0 Å². The van der Waals surface area contributed by atoms with E-state index in [0.717, 1.165) is 24.3 Å². The first-order valence-corrected chi connectivity index (χ1v) is 6.31. The van der Waals surface area contributed by atoms with E-state index >= 15 is 0 Å². The van der Waals surface area contributed by atoms with E-state index in [0.29, 0.717) is 0 Å². The van der Waals surface area contributed by atoms with Crippen LogP contribution in [0.1, 0.15) is 23.8 Å². The average molecular weight is 324 g/mol. The first-order valence-electron chi connectivity index (χ1n) is 6.31. The number of ether oxygens (including phenoxy) is 1. The second-order valence-electron chi connectivity index (χ2n) is 4.47. The summed E-state index contributed by atoms with van der Waals surface area (Å²) in [4.78, 5) is 19.8. The highest BCUT2D eigenvalue weighted by Gasteiger charge is 2.21. The van der Waals surface area contributed by atoms with Gasteiger partial charge in [0.25, 0.3) is 11.4 Å². The lowest BCUT2D eigenvalue weighted by Gasteiger charge is -2.14. The number of alkyl halides is 2. The monoisotopic (exact) mass is 324 g/mol. The van der Waals surface area contributed by atoms with Crippen molar-refractivity contribution in [2.45, 2.75) is 12.7 Å². The van der Waals surface area contributed by atoms with Gasteiger partial charge in [-0.05, 0) is 0 Å². The van der Waals surface area contributed by atoms with E-state index in [-0.39, 0.29) is 22.5 Å². The van der Waals surface area contributed by atoms with Crippen molar-refractivity contribution >= 4 is 11.4 Å². The quantitative estimate of drug-likeness (QED) is 0.587. The Hall–Kier alpha value is -2.94. The van der Waals surface area contributed by atoms with Crippen LogP contribution in [-0.4, -0.2) is 9.85 Å². The van der Waals surface area contributed by atoms with Crippen LogP contribution in [-0.2, 0) is 4.74 Å². The van der Waals surface area contributed by atoms with Crippen molar-refractivity contribution in [3.05, 3.63) is 79.9 Å². The van der Waals surface area contributed by atoms with Crippen LogP contribution < -0.4 is 0 Å². The molecule has 0 fully saturated rings. The Bertz CT molecular complexity index is 679. The molecular weight excluding hydrogens is 314 g/mol. The van der Waals surface area contributed by atoms with E-state index in [1.807, 2.05) is 0 Å². The maximum absolute atomic E-state index is 14.0. The molecule has 0 aromatic heterocycles. The molecule has 0 radical (unpaired) electrons. The molecule has 0 saturated heterocycles. The van der Waals surface area contributed by atoms with Crippen LogP contribution in [0.2, 0.25) is 0 Å². The van der Waals surface area contributed by atoms with Gasteiger partial charge >= 0.3 is 0 Å². The van der Waals surface area contributed by atoms with Crippen molar-refractivity contribution in [3.8, 4) is 0 Å². The van der Waals surface area contributed by atoms with E-state index in [2.05, 4.69) is 4.74 Å². The zero-order chi connectivity index (χ0) is 17.0. The molecule has 0 bridgehead atoms. The summed E-state index contributed by atoms with van der Waals surface area (Å²) in [6.07, 6.45) is -4.52. The Balaban J connectivity index is 2.14. The molecule has 9 heteroatoms. The lowest BCUT2D eigenvalue weighted by atomic mass is 10.2. The smallest absolute Gasteiger partial charge is 0.269 e. The predicted octanol–water partition coefficient (Wildman–Crippen LogP) is 4.16. The third kappa shape index (κ3) is 4.04. The molecule has 0 heterocycles. The molecule has 2 rings (SSSR count). The van der Waals surface area contributed by atoms with Gasteiger partial charge in [0.15, 0.2) is 0 Å². The molecule has 0 saturated carbocycles. The minimum Gasteiger partial charge on any atom is -0.306 e. The van der Waals surface area contributed by atoms with Crippen LogP contribution in [0, 0.1) is 20.2 Å². The Morgan fingerprint density at radius 3 is 1.57 bits per heavy atom. The van der Waals surface area contributed by atoms with Gasteiger partial charge in [0.05, 0.1) is 9.85 Å². The Morgan fingerprint density at radius 2 is 1.22 bits per heavy atom. The first kappa shape index (κ1) is 16.4. The maximum Gasteiger partial charge on any atom is 0.269 e. The van der Waals surface area contributed by atoms with Gasteiger partial charge in [-0.3, -0.25) is 20.2 Å². The summed E-state index contributed by atoms with van der Waals surface area (Å²) in [5.74, 6) is 0. The molecule has 0 amide bonds. The highest BCUT2D eigenvalue weighted by Crippen LogP contribution is 2.31. The number of nitro groups is 2. The maximum atomic E-state index is 14.0. The van der Waals surface area contributed by atoms with Gasteiger partial charge < -0.3 is 4.74 Å². The van der Waals surface area contributed by atoms with Crippen LogP contribution >= 0.6 is 0 Å². The molecule has 0 aliphatic rings. The highest BCUT2D eigenvalue weighted by atomic mass is 19.2. The molecular formula is C14H10F2N2O5. The highest BCUT2D eigenvalue weighted by molar-refractivity contribution is 5.36. The SMILES string of the molecule is O=[N+]([O-])c1cccc(C(F)OC(F)c2cccc([N+](=O)[O-])c2)c1. The third-order valence-corrected chi connectivity index (χ3v) is 2.93. The molecule has 120 valence electrons. The van der Waals surface area contributed by atoms with E-state index in [1.54, 1.807) is 0 Å². The summed E-state index contributed by atoms with van der Waals surface area (Å²) in [6.45, 7) is 0.